The number of halogens is 1. The monoisotopic (exact) mass is 328 g/mol. The summed E-state index contributed by atoms with van der Waals surface area (Å²) < 4.78 is 6.22. The predicted octanol–water partition coefficient (Wildman–Crippen LogP) is 2.48. The number of hydrogen-bond donors (Lipinski definition) is 1. The number of methoxy groups -OCH3 is 1. The van der Waals surface area contributed by atoms with Gasteiger partial charge in [-0.3, -0.25) is 4.79 Å². The van der Waals surface area contributed by atoms with Crippen molar-refractivity contribution in [2.24, 2.45) is 0 Å². The van der Waals surface area contributed by atoms with E-state index in [2.05, 4.69) is 15.4 Å². The van der Waals surface area contributed by atoms with E-state index in [-0.39, 0.29) is 16.6 Å². The second-order valence-corrected chi connectivity index (χ2v) is 5.85. The van der Waals surface area contributed by atoms with Gasteiger partial charge in [-0.05, 0) is 13.8 Å². The van der Waals surface area contributed by atoms with Crippen molar-refractivity contribution < 1.29 is 4.74 Å². The zero-order valence-electron chi connectivity index (χ0n) is 12.1. The number of nitrogens with zero attached hydrogens (tertiary/aromatic N) is 3. The molecule has 0 saturated carbocycles. The maximum Gasteiger partial charge on any atom is 0.287 e. The summed E-state index contributed by atoms with van der Waals surface area (Å²) in [7, 11) is 1.57. The first-order valence-electron chi connectivity index (χ1n) is 6.46. The fourth-order valence-corrected chi connectivity index (χ4v) is 2.77. The van der Waals surface area contributed by atoms with Gasteiger partial charge in [0.2, 0.25) is 0 Å². The minimum absolute atomic E-state index is 0.0442. The lowest BCUT2D eigenvalue weighted by molar-refractivity contribution is 0.182. The van der Waals surface area contributed by atoms with Crippen LogP contribution < -0.4 is 10.9 Å². The molecular weight excluding hydrogens is 312 g/mol. The summed E-state index contributed by atoms with van der Waals surface area (Å²) in [5, 5.41) is 10.3. The highest BCUT2D eigenvalue weighted by Gasteiger charge is 2.14. The van der Waals surface area contributed by atoms with Crippen molar-refractivity contribution in [2.45, 2.75) is 26.4 Å². The van der Waals surface area contributed by atoms with Crippen LogP contribution in [0.15, 0.2) is 16.4 Å². The van der Waals surface area contributed by atoms with E-state index in [1.807, 2.05) is 19.2 Å². The topological polar surface area (TPSA) is 69.0 Å². The van der Waals surface area contributed by atoms with Gasteiger partial charge in [0.05, 0.1) is 31.1 Å². The van der Waals surface area contributed by atoms with Gasteiger partial charge in [0.15, 0.2) is 0 Å². The Morgan fingerprint density at radius 2 is 2.33 bits per heavy atom. The van der Waals surface area contributed by atoms with Crippen molar-refractivity contribution in [3.63, 3.8) is 0 Å². The van der Waals surface area contributed by atoms with Crippen LogP contribution in [-0.2, 0) is 11.3 Å². The number of hydrogen-bond acceptors (Lipinski definition) is 6. The average Bonchev–Trinajstić information content (AvgIpc) is 2.90. The molecular formula is C13H17ClN4O2S. The summed E-state index contributed by atoms with van der Waals surface area (Å²) in [6, 6.07) is -0.0442. The molecule has 8 heteroatoms. The smallest absolute Gasteiger partial charge is 0.287 e. The standard InChI is InChI=1S/C13H17ClN4O2S/c1-8-7-21-12(16-8)9(2)17-10-6-15-18(4-5-20-3)13(19)11(10)14/h6-7,9,17H,4-5H2,1-3H3. The van der Waals surface area contributed by atoms with Crippen molar-refractivity contribution in [3.05, 3.63) is 37.7 Å². The maximum absolute atomic E-state index is 12.1. The Labute approximate surface area is 131 Å². The van der Waals surface area contributed by atoms with Crippen molar-refractivity contribution in [2.75, 3.05) is 19.0 Å². The molecule has 0 amide bonds. The lowest BCUT2D eigenvalue weighted by Crippen LogP contribution is -2.26. The van der Waals surface area contributed by atoms with Crippen LogP contribution >= 0.6 is 22.9 Å². The first kappa shape index (κ1) is 15.9. The lowest BCUT2D eigenvalue weighted by Gasteiger charge is -2.14. The minimum atomic E-state index is -0.332. The highest BCUT2D eigenvalue weighted by Crippen LogP contribution is 2.24. The van der Waals surface area contributed by atoms with E-state index in [4.69, 9.17) is 16.3 Å². The molecule has 0 bridgehead atoms. The Balaban J connectivity index is 2.17. The number of thiazole rings is 1. The van der Waals surface area contributed by atoms with E-state index < -0.39 is 0 Å². The number of ether oxygens (including phenoxy) is 1. The molecule has 0 saturated heterocycles. The number of anilines is 1. The van der Waals surface area contributed by atoms with Crippen LogP contribution in [0.4, 0.5) is 5.69 Å². The Hall–Kier alpha value is -1.44. The van der Waals surface area contributed by atoms with Crippen LogP contribution in [0.3, 0.4) is 0 Å². The first-order valence-corrected chi connectivity index (χ1v) is 7.71. The van der Waals surface area contributed by atoms with Gasteiger partial charge in [0.1, 0.15) is 10.0 Å². The van der Waals surface area contributed by atoms with Crippen molar-refractivity contribution >= 4 is 28.6 Å². The molecule has 1 unspecified atom stereocenters. The summed E-state index contributed by atoms with van der Waals surface area (Å²) >= 11 is 7.68. The number of rotatable bonds is 6. The fourth-order valence-electron chi connectivity index (χ4n) is 1.77. The van der Waals surface area contributed by atoms with Crippen molar-refractivity contribution in [3.8, 4) is 0 Å². The van der Waals surface area contributed by atoms with Crippen molar-refractivity contribution in [1.29, 1.82) is 0 Å². The predicted molar refractivity (Wildman–Crippen MR) is 84.3 cm³/mol. The average molecular weight is 329 g/mol. The van der Waals surface area contributed by atoms with E-state index in [1.165, 1.54) is 4.68 Å². The SMILES string of the molecule is COCCn1ncc(NC(C)c2nc(C)cs2)c(Cl)c1=O. The molecule has 2 heterocycles. The summed E-state index contributed by atoms with van der Waals surface area (Å²) in [4.78, 5) is 16.5. The lowest BCUT2D eigenvalue weighted by atomic mass is 10.3. The molecule has 0 radical (unpaired) electrons. The normalized spacial score (nSPS) is 12.4. The highest BCUT2D eigenvalue weighted by atomic mass is 35.5. The molecule has 0 aliphatic carbocycles. The molecule has 0 spiro atoms. The summed E-state index contributed by atoms with van der Waals surface area (Å²) in [5.74, 6) is 0. The summed E-state index contributed by atoms with van der Waals surface area (Å²) in [6.45, 7) is 4.69. The largest absolute Gasteiger partial charge is 0.383 e. The molecule has 0 aliphatic heterocycles. The van der Waals surface area contributed by atoms with Gasteiger partial charge in [-0.25, -0.2) is 9.67 Å². The van der Waals surface area contributed by atoms with Crippen LogP contribution in [0, 0.1) is 6.92 Å². The summed E-state index contributed by atoms with van der Waals surface area (Å²) in [6.07, 6.45) is 1.55. The van der Waals surface area contributed by atoms with Crippen LogP contribution in [0.25, 0.3) is 0 Å². The zero-order chi connectivity index (χ0) is 15.4. The van der Waals surface area contributed by atoms with E-state index in [9.17, 15) is 4.79 Å². The number of aryl methyl sites for hydroxylation is 1. The third-order valence-corrected chi connectivity index (χ3v) is 4.38. The molecule has 0 fully saturated rings. The van der Waals surface area contributed by atoms with Gasteiger partial charge in [-0.2, -0.15) is 5.10 Å². The Bertz CT molecular complexity index is 670. The Morgan fingerprint density at radius 1 is 1.57 bits per heavy atom. The van der Waals surface area contributed by atoms with E-state index >= 15 is 0 Å². The molecule has 1 N–H and O–H groups in total. The van der Waals surface area contributed by atoms with E-state index in [0.29, 0.717) is 18.8 Å². The molecule has 2 aromatic rings. The molecule has 0 aromatic carbocycles. The van der Waals surface area contributed by atoms with E-state index in [0.717, 1.165) is 10.7 Å². The second-order valence-electron chi connectivity index (χ2n) is 4.59. The van der Waals surface area contributed by atoms with Crippen LogP contribution in [0.5, 0.6) is 0 Å². The molecule has 0 aliphatic rings. The molecule has 2 rings (SSSR count). The molecule has 2 aromatic heterocycles. The minimum Gasteiger partial charge on any atom is -0.383 e. The second kappa shape index (κ2) is 7.02. The zero-order valence-corrected chi connectivity index (χ0v) is 13.7. The van der Waals surface area contributed by atoms with Crippen LogP contribution in [0.1, 0.15) is 23.7 Å². The van der Waals surface area contributed by atoms with Gasteiger partial charge >= 0.3 is 0 Å². The van der Waals surface area contributed by atoms with Gasteiger partial charge in [0.25, 0.3) is 5.56 Å². The Kier molecular flexibility index (Phi) is 5.33. The Morgan fingerprint density at radius 3 is 2.95 bits per heavy atom. The third-order valence-electron chi connectivity index (χ3n) is 2.87. The molecule has 114 valence electrons. The number of nitrogens with one attached hydrogen (secondary N) is 1. The van der Waals surface area contributed by atoms with Gasteiger partial charge < -0.3 is 10.1 Å². The van der Waals surface area contributed by atoms with Gasteiger partial charge in [-0.15, -0.1) is 11.3 Å². The van der Waals surface area contributed by atoms with Crippen LogP contribution in [-0.4, -0.2) is 28.5 Å². The number of aromatic nitrogens is 3. The molecule has 6 nitrogen and oxygen atoms in total. The third kappa shape index (κ3) is 3.81. The van der Waals surface area contributed by atoms with Gasteiger partial charge in [-0.1, -0.05) is 11.6 Å². The summed E-state index contributed by atoms with van der Waals surface area (Å²) in [5.41, 5.74) is 1.15. The maximum atomic E-state index is 12.1. The molecule has 1 atom stereocenters. The van der Waals surface area contributed by atoms with Gasteiger partial charge in [0, 0.05) is 18.2 Å². The van der Waals surface area contributed by atoms with E-state index in [1.54, 1.807) is 24.6 Å². The van der Waals surface area contributed by atoms with Crippen LogP contribution in [0.2, 0.25) is 5.02 Å². The quantitative estimate of drug-likeness (QED) is 0.882. The van der Waals surface area contributed by atoms with Crippen molar-refractivity contribution in [1.82, 2.24) is 14.8 Å². The molecule has 21 heavy (non-hydrogen) atoms. The fraction of sp³-hybridized carbons (Fsp3) is 0.462. The highest BCUT2D eigenvalue weighted by molar-refractivity contribution is 7.09. The first-order chi connectivity index (χ1) is 10.0.